The highest BCUT2D eigenvalue weighted by atomic mass is 19.2. The Labute approximate surface area is 125 Å². The molecule has 0 radical (unpaired) electrons. The quantitative estimate of drug-likeness (QED) is 0.652. The first kappa shape index (κ1) is 16.1. The third kappa shape index (κ3) is 4.58. The van der Waals surface area contributed by atoms with Crippen molar-refractivity contribution in [1.29, 1.82) is 0 Å². The normalized spacial score (nSPS) is 16.0. The van der Waals surface area contributed by atoms with Gasteiger partial charge < -0.3 is 9.47 Å². The van der Waals surface area contributed by atoms with Crippen LogP contribution >= 0.6 is 0 Å². The molecule has 1 saturated carbocycles. The van der Waals surface area contributed by atoms with Crippen LogP contribution in [-0.2, 0) is 0 Å². The lowest BCUT2D eigenvalue weighted by Gasteiger charge is -2.21. The molecule has 0 amide bonds. The first-order chi connectivity index (χ1) is 10.2. The van der Waals surface area contributed by atoms with Crippen LogP contribution < -0.4 is 9.47 Å². The zero-order valence-corrected chi connectivity index (χ0v) is 12.7. The molecule has 1 fully saturated rings. The van der Waals surface area contributed by atoms with Crippen molar-refractivity contribution in [2.24, 2.45) is 5.92 Å². The van der Waals surface area contributed by atoms with Gasteiger partial charge in [0, 0.05) is 0 Å². The highest BCUT2D eigenvalue weighted by Gasteiger charge is 2.16. The van der Waals surface area contributed by atoms with E-state index in [9.17, 15) is 8.78 Å². The summed E-state index contributed by atoms with van der Waals surface area (Å²) in [6, 6.07) is 2.85. The molecule has 0 N–H and O–H groups in total. The molecule has 118 valence electrons. The Balaban J connectivity index is 1.78. The molecule has 0 heterocycles. The van der Waals surface area contributed by atoms with Crippen molar-refractivity contribution in [3.8, 4) is 11.5 Å². The van der Waals surface area contributed by atoms with E-state index in [1.54, 1.807) is 6.92 Å². The highest BCUT2D eigenvalue weighted by Crippen LogP contribution is 2.29. The van der Waals surface area contributed by atoms with Gasteiger partial charge in [-0.25, -0.2) is 0 Å². The SMILES string of the molecule is CCOc1ccc(OCCCC2CCCCC2)c(F)c1F. The molecular weight excluding hydrogens is 274 g/mol. The molecule has 0 unspecified atom stereocenters. The fourth-order valence-corrected chi connectivity index (χ4v) is 2.92. The van der Waals surface area contributed by atoms with Crippen LogP contribution in [0.2, 0.25) is 0 Å². The number of benzene rings is 1. The van der Waals surface area contributed by atoms with Gasteiger partial charge in [0.15, 0.2) is 11.5 Å². The summed E-state index contributed by atoms with van der Waals surface area (Å²) in [7, 11) is 0. The Bertz CT molecular complexity index is 443. The molecule has 21 heavy (non-hydrogen) atoms. The van der Waals surface area contributed by atoms with Gasteiger partial charge in [0.2, 0.25) is 11.6 Å². The largest absolute Gasteiger partial charge is 0.491 e. The minimum atomic E-state index is -0.971. The van der Waals surface area contributed by atoms with Crippen LogP contribution in [0.15, 0.2) is 12.1 Å². The lowest BCUT2D eigenvalue weighted by molar-refractivity contribution is 0.254. The monoisotopic (exact) mass is 298 g/mol. The summed E-state index contributed by atoms with van der Waals surface area (Å²) in [6.07, 6.45) is 8.59. The number of rotatable bonds is 7. The van der Waals surface area contributed by atoms with Crippen LogP contribution in [0.1, 0.15) is 51.9 Å². The molecule has 0 atom stereocenters. The van der Waals surface area contributed by atoms with E-state index in [1.807, 2.05) is 0 Å². The lowest BCUT2D eigenvalue weighted by atomic mass is 9.86. The molecular formula is C17H24F2O2. The Morgan fingerprint density at radius 2 is 1.62 bits per heavy atom. The summed E-state index contributed by atoms with van der Waals surface area (Å²) in [5.74, 6) is -1.24. The van der Waals surface area contributed by atoms with E-state index in [0.29, 0.717) is 13.2 Å². The topological polar surface area (TPSA) is 18.5 Å². The van der Waals surface area contributed by atoms with Gasteiger partial charge in [0.1, 0.15) is 0 Å². The van der Waals surface area contributed by atoms with Crippen LogP contribution in [0, 0.1) is 17.6 Å². The van der Waals surface area contributed by atoms with E-state index in [1.165, 1.54) is 44.2 Å². The first-order valence-corrected chi connectivity index (χ1v) is 7.96. The Kier molecular flexibility index (Phi) is 6.27. The van der Waals surface area contributed by atoms with Crippen LogP contribution in [0.3, 0.4) is 0 Å². The maximum Gasteiger partial charge on any atom is 0.204 e. The molecule has 0 aliphatic heterocycles. The third-order valence-electron chi connectivity index (χ3n) is 4.05. The fraction of sp³-hybridized carbons (Fsp3) is 0.647. The van der Waals surface area contributed by atoms with Crippen molar-refractivity contribution in [2.45, 2.75) is 51.9 Å². The van der Waals surface area contributed by atoms with Gasteiger partial charge in [-0.3, -0.25) is 0 Å². The van der Waals surface area contributed by atoms with Crippen LogP contribution in [0.5, 0.6) is 11.5 Å². The molecule has 1 aliphatic rings. The van der Waals surface area contributed by atoms with Crippen molar-refractivity contribution in [3.63, 3.8) is 0 Å². The van der Waals surface area contributed by atoms with Crippen molar-refractivity contribution >= 4 is 0 Å². The second-order valence-electron chi connectivity index (χ2n) is 5.62. The molecule has 0 saturated heterocycles. The van der Waals surface area contributed by atoms with E-state index in [0.717, 1.165) is 18.8 Å². The molecule has 2 nitrogen and oxygen atoms in total. The molecule has 0 aromatic heterocycles. The predicted octanol–water partition coefficient (Wildman–Crippen LogP) is 5.10. The van der Waals surface area contributed by atoms with E-state index in [4.69, 9.17) is 9.47 Å². The number of ether oxygens (including phenoxy) is 2. The molecule has 1 aromatic rings. The Hall–Kier alpha value is -1.32. The molecule has 4 heteroatoms. The third-order valence-corrected chi connectivity index (χ3v) is 4.05. The number of hydrogen-bond acceptors (Lipinski definition) is 2. The second kappa shape index (κ2) is 8.20. The lowest BCUT2D eigenvalue weighted by Crippen LogP contribution is -2.09. The van der Waals surface area contributed by atoms with Gasteiger partial charge in [-0.2, -0.15) is 8.78 Å². The van der Waals surface area contributed by atoms with E-state index >= 15 is 0 Å². The van der Waals surface area contributed by atoms with Crippen LogP contribution in [0.25, 0.3) is 0 Å². The fourth-order valence-electron chi connectivity index (χ4n) is 2.92. The van der Waals surface area contributed by atoms with Gasteiger partial charge >= 0.3 is 0 Å². The molecule has 0 spiro atoms. The minimum absolute atomic E-state index is 0.0282. The average molecular weight is 298 g/mol. The molecule has 0 bridgehead atoms. The predicted molar refractivity (Wildman–Crippen MR) is 78.8 cm³/mol. The summed E-state index contributed by atoms with van der Waals surface area (Å²) in [6.45, 7) is 2.46. The summed E-state index contributed by atoms with van der Waals surface area (Å²) in [5, 5.41) is 0. The Morgan fingerprint density at radius 3 is 2.24 bits per heavy atom. The maximum atomic E-state index is 13.8. The summed E-state index contributed by atoms with van der Waals surface area (Å²) < 4.78 is 37.8. The van der Waals surface area contributed by atoms with E-state index in [-0.39, 0.29) is 11.5 Å². The van der Waals surface area contributed by atoms with Gasteiger partial charge in [0.05, 0.1) is 13.2 Å². The zero-order valence-electron chi connectivity index (χ0n) is 12.7. The number of hydrogen-bond donors (Lipinski definition) is 0. The van der Waals surface area contributed by atoms with Crippen molar-refractivity contribution in [1.82, 2.24) is 0 Å². The first-order valence-electron chi connectivity index (χ1n) is 7.96. The Morgan fingerprint density at radius 1 is 1.00 bits per heavy atom. The molecule has 1 aliphatic carbocycles. The standard InChI is InChI=1S/C17H24F2O2/c1-2-20-14-10-11-15(17(19)16(14)18)21-12-6-9-13-7-4-3-5-8-13/h10-11,13H,2-9,12H2,1H3. The van der Waals surface area contributed by atoms with Gasteiger partial charge in [-0.15, -0.1) is 0 Å². The van der Waals surface area contributed by atoms with E-state index < -0.39 is 11.6 Å². The highest BCUT2D eigenvalue weighted by molar-refractivity contribution is 5.34. The summed E-state index contributed by atoms with van der Waals surface area (Å²) in [4.78, 5) is 0. The van der Waals surface area contributed by atoms with Crippen molar-refractivity contribution in [2.75, 3.05) is 13.2 Å². The van der Waals surface area contributed by atoms with Gasteiger partial charge in [0.25, 0.3) is 0 Å². The van der Waals surface area contributed by atoms with Gasteiger partial charge in [-0.1, -0.05) is 32.1 Å². The van der Waals surface area contributed by atoms with E-state index in [2.05, 4.69) is 0 Å². The molecule has 1 aromatic carbocycles. The van der Waals surface area contributed by atoms with Crippen molar-refractivity contribution in [3.05, 3.63) is 23.8 Å². The average Bonchev–Trinajstić information content (AvgIpc) is 2.51. The summed E-state index contributed by atoms with van der Waals surface area (Å²) in [5.41, 5.74) is 0. The maximum absolute atomic E-state index is 13.8. The molecule has 2 rings (SSSR count). The zero-order chi connectivity index (χ0) is 15.1. The smallest absolute Gasteiger partial charge is 0.204 e. The van der Waals surface area contributed by atoms with Crippen LogP contribution in [-0.4, -0.2) is 13.2 Å². The number of halogens is 2. The summed E-state index contributed by atoms with van der Waals surface area (Å²) >= 11 is 0. The van der Waals surface area contributed by atoms with Gasteiger partial charge in [-0.05, 0) is 37.8 Å². The minimum Gasteiger partial charge on any atom is -0.491 e. The van der Waals surface area contributed by atoms with Crippen LogP contribution in [0.4, 0.5) is 8.78 Å². The van der Waals surface area contributed by atoms with Crippen molar-refractivity contribution < 1.29 is 18.3 Å². The second-order valence-corrected chi connectivity index (χ2v) is 5.62.